The minimum Gasteiger partial charge on any atom is -0.497 e. The molecule has 5 unspecified atom stereocenters. The third-order valence-corrected chi connectivity index (χ3v) is 7.75. The maximum Gasteiger partial charge on any atom is 0.309 e. The molecule has 2 saturated carbocycles. The SMILES string of the molecule is COc1ccc(C2(O)C(O)C3CCC2C3C(=O)OCC[Si](C)(C)C)cc1. The van der Waals surface area contributed by atoms with Crippen molar-refractivity contribution in [1.29, 1.82) is 0 Å². The van der Waals surface area contributed by atoms with Gasteiger partial charge < -0.3 is 19.7 Å². The van der Waals surface area contributed by atoms with Gasteiger partial charge in [0, 0.05) is 19.9 Å². The smallest absolute Gasteiger partial charge is 0.309 e. The molecule has 1 aromatic rings. The van der Waals surface area contributed by atoms with Crippen LogP contribution < -0.4 is 4.74 Å². The lowest BCUT2D eigenvalue weighted by molar-refractivity contribution is -0.151. The number of ether oxygens (including phenoxy) is 2. The molecule has 2 aliphatic carbocycles. The second-order valence-corrected chi connectivity index (χ2v) is 14.5. The molecule has 0 aliphatic heterocycles. The van der Waals surface area contributed by atoms with Crippen LogP contribution in [0.4, 0.5) is 0 Å². The van der Waals surface area contributed by atoms with Crippen molar-refractivity contribution in [3.8, 4) is 5.75 Å². The molecule has 2 bridgehead atoms. The number of methoxy groups -OCH3 is 1. The van der Waals surface area contributed by atoms with Gasteiger partial charge in [0.1, 0.15) is 11.4 Å². The molecule has 26 heavy (non-hydrogen) atoms. The van der Waals surface area contributed by atoms with Gasteiger partial charge in [-0.3, -0.25) is 4.79 Å². The third-order valence-electron chi connectivity index (χ3n) is 6.05. The summed E-state index contributed by atoms with van der Waals surface area (Å²) in [7, 11) is 0.313. The highest BCUT2D eigenvalue weighted by Gasteiger charge is 2.65. The molecule has 6 heteroatoms. The first kappa shape index (κ1) is 19.4. The highest BCUT2D eigenvalue weighted by molar-refractivity contribution is 6.76. The predicted octanol–water partition coefficient (Wildman–Crippen LogP) is 2.78. The second kappa shape index (κ2) is 6.98. The van der Waals surface area contributed by atoms with Crippen molar-refractivity contribution in [2.75, 3.05) is 13.7 Å². The van der Waals surface area contributed by atoms with E-state index < -0.39 is 25.7 Å². The zero-order valence-corrected chi connectivity index (χ0v) is 17.1. The van der Waals surface area contributed by atoms with Crippen molar-refractivity contribution in [3.63, 3.8) is 0 Å². The lowest BCUT2D eigenvalue weighted by Gasteiger charge is -2.37. The van der Waals surface area contributed by atoms with Crippen LogP contribution in [0.3, 0.4) is 0 Å². The first-order valence-electron chi connectivity index (χ1n) is 9.40. The van der Waals surface area contributed by atoms with Crippen LogP contribution in [0.15, 0.2) is 24.3 Å². The molecule has 0 heterocycles. The number of carbonyl (C=O) groups excluding carboxylic acids is 1. The number of benzene rings is 1. The number of carbonyl (C=O) groups is 1. The number of hydrogen-bond donors (Lipinski definition) is 2. The first-order chi connectivity index (χ1) is 12.2. The molecule has 0 amide bonds. The maximum absolute atomic E-state index is 12.7. The third kappa shape index (κ3) is 3.30. The van der Waals surface area contributed by atoms with Crippen molar-refractivity contribution in [2.24, 2.45) is 17.8 Å². The van der Waals surface area contributed by atoms with E-state index in [1.165, 1.54) is 0 Å². The van der Waals surface area contributed by atoms with Crippen LogP contribution in [0.5, 0.6) is 5.75 Å². The van der Waals surface area contributed by atoms with Gasteiger partial charge in [0.15, 0.2) is 0 Å². The predicted molar refractivity (Wildman–Crippen MR) is 102 cm³/mol. The summed E-state index contributed by atoms with van der Waals surface area (Å²) in [6.45, 7) is 7.16. The second-order valence-electron chi connectivity index (χ2n) is 8.85. The molecule has 2 aliphatic rings. The van der Waals surface area contributed by atoms with Gasteiger partial charge in [-0.2, -0.15) is 0 Å². The highest BCUT2D eigenvalue weighted by atomic mass is 28.3. The van der Waals surface area contributed by atoms with E-state index in [0.29, 0.717) is 17.9 Å². The summed E-state index contributed by atoms with van der Waals surface area (Å²) in [6.07, 6.45) is 0.514. The molecule has 2 fully saturated rings. The van der Waals surface area contributed by atoms with E-state index in [-0.39, 0.29) is 17.8 Å². The normalized spacial score (nSPS) is 33.3. The van der Waals surface area contributed by atoms with Crippen LogP contribution in [0.1, 0.15) is 18.4 Å². The summed E-state index contributed by atoms with van der Waals surface area (Å²) < 4.78 is 10.7. The summed E-state index contributed by atoms with van der Waals surface area (Å²) in [4.78, 5) is 12.7. The number of esters is 1. The number of aliphatic hydroxyl groups is 2. The molecular formula is C20H30O5Si. The average Bonchev–Trinajstić information content (AvgIpc) is 3.11. The molecule has 3 rings (SSSR count). The topological polar surface area (TPSA) is 76.0 Å². The first-order valence-corrected chi connectivity index (χ1v) is 13.1. The van der Waals surface area contributed by atoms with Gasteiger partial charge in [-0.25, -0.2) is 0 Å². The Labute approximate surface area is 156 Å². The molecule has 1 aromatic carbocycles. The van der Waals surface area contributed by atoms with Gasteiger partial charge in [0.2, 0.25) is 0 Å². The van der Waals surface area contributed by atoms with Gasteiger partial charge in [-0.1, -0.05) is 31.8 Å². The Kier molecular flexibility index (Phi) is 5.21. The zero-order valence-electron chi connectivity index (χ0n) is 16.1. The van der Waals surface area contributed by atoms with Crippen LogP contribution >= 0.6 is 0 Å². The summed E-state index contributed by atoms with van der Waals surface area (Å²) >= 11 is 0. The Morgan fingerprint density at radius 2 is 1.88 bits per heavy atom. The number of hydrogen-bond acceptors (Lipinski definition) is 5. The lowest BCUT2D eigenvalue weighted by atomic mass is 9.76. The van der Waals surface area contributed by atoms with Gasteiger partial charge in [0.25, 0.3) is 0 Å². The zero-order chi connectivity index (χ0) is 19.1. The largest absolute Gasteiger partial charge is 0.497 e. The van der Waals surface area contributed by atoms with E-state index in [1.807, 2.05) is 0 Å². The minimum absolute atomic E-state index is 0.244. The quantitative estimate of drug-likeness (QED) is 0.588. The van der Waals surface area contributed by atoms with Crippen LogP contribution in [-0.4, -0.2) is 44.1 Å². The van der Waals surface area contributed by atoms with Crippen LogP contribution in [0, 0.1) is 17.8 Å². The van der Waals surface area contributed by atoms with E-state index in [9.17, 15) is 15.0 Å². The Bertz CT molecular complexity index is 653. The molecular weight excluding hydrogens is 348 g/mol. The Morgan fingerprint density at radius 1 is 1.23 bits per heavy atom. The molecule has 0 spiro atoms. The van der Waals surface area contributed by atoms with Crippen molar-refractivity contribution in [3.05, 3.63) is 29.8 Å². The molecule has 144 valence electrons. The molecule has 2 N–H and O–H groups in total. The Morgan fingerprint density at radius 3 is 2.46 bits per heavy atom. The number of fused-ring (bicyclic) bond motifs is 2. The number of rotatable bonds is 6. The highest BCUT2D eigenvalue weighted by Crippen LogP contribution is 2.59. The molecule has 0 radical (unpaired) electrons. The van der Waals surface area contributed by atoms with Crippen LogP contribution in [0.25, 0.3) is 0 Å². The van der Waals surface area contributed by atoms with Crippen LogP contribution in [0.2, 0.25) is 25.7 Å². The fraction of sp³-hybridized carbons (Fsp3) is 0.650. The Balaban J connectivity index is 1.77. The summed E-state index contributed by atoms with van der Waals surface area (Å²) in [6, 6.07) is 8.01. The fourth-order valence-electron chi connectivity index (χ4n) is 4.56. The summed E-state index contributed by atoms with van der Waals surface area (Å²) in [5, 5.41) is 22.2. The maximum atomic E-state index is 12.7. The van der Waals surface area contributed by atoms with Gasteiger partial charge >= 0.3 is 5.97 Å². The monoisotopic (exact) mass is 378 g/mol. The molecule has 0 aromatic heterocycles. The minimum atomic E-state index is -1.41. The average molecular weight is 379 g/mol. The lowest BCUT2D eigenvalue weighted by Crippen LogP contribution is -2.44. The van der Waals surface area contributed by atoms with E-state index in [2.05, 4.69) is 19.6 Å². The van der Waals surface area contributed by atoms with Gasteiger partial charge in [0.05, 0.1) is 25.7 Å². The Hall–Kier alpha value is -1.37. The van der Waals surface area contributed by atoms with E-state index in [4.69, 9.17) is 9.47 Å². The number of aliphatic hydroxyl groups excluding tert-OH is 1. The van der Waals surface area contributed by atoms with E-state index in [1.54, 1.807) is 31.4 Å². The van der Waals surface area contributed by atoms with Gasteiger partial charge in [-0.15, -0.1) is 0 Å². The summed E-state index contributed by atoms with van der Waals surface area (Å²) in [5.74, 6) is -0.558. The van der Waals surface area contributed by atoms with Crippen LogP contribution in [-0.2, 0) is 15.1 Å². The molecule has 5 nitrogen and oxygen atoms in total. The van der Waals surface area contributed by atoms with Crippen molar-refractivity contribution < 1.29 is 24.5 Å². The standard InChI is InChI=1S/C20H30O5Si/c1-24-14-7-5-13(6-8-14)20(23)16-10-9-15(18(20)21)17(16)19(22)25-11-12-26(2,3)4/h5-8,15-18,21,23H,9-12H2,1-4H3. The van der Waals surface area contributed by atoms with Crippen molar-refractivity contribution in [2.45, 2.75) is 50.2 Å². The summed E-state index contributed by atoms with van der Waals surface area (Å²) in [5.41, 5.74) is -0.768. The van der Waals surface area contributed by atoms with E-state index >= 15 is 0 Å². The van der Waals surface area contributed by atoms with Gasteiger partial charge in [-0.05, 0) is 36.6 Å². The van der Waals surface area contributed by atoms with E-state index in [0.717, 1.165) is 18.9 Å². The fourth-order valence-corrected chi connectivity index (χ4v) is 5.27. The molecule has 0 saturated heterocycles. The van der Waals surface area contributed by atoms with Crippen molar-refractivity contribution in [1.82, 2.24) is 0 Å². The molecule has 5 atom stereocenters. The van der Waals surface area contributed by atoms with Crippen molar-refractivity contribution >= 4 is 14.0 Å².